The Labute approximate surface area is 165 Å². The Balaban J connectivity index is 1.69. The average Bonchev–Trinajstić information content (AvgIpc) is 2.75. The standard InChI is InChI=1S/C23H25FN2O2/c24-23-13-18(2-3-19(23)14-25)22-12-16(11-20-15-26-7-10-28-20)1-4-21(22)17-5-8-27-9-6-17/h1-4,12-13,17,20,26H,5-11,15H2. The fourth-order valence-electron chi connectivity index (χ4n) is 4.13. The smallest absolute Gasteiger partial charge is 0.141 e. The molecule has 0 saturated carbocycles. The Hall–Kier alpha value is -2.26. The molecule has 1 atom stereocenters. The largest absolute Gasteiger partial charge is 0.381 e. The number of nitriles is 1. The molecule has 0 spiro atoms. The van der Waals surface area contributed by atoms with Gasteiger partial charge in [0.25, 0.3) is 0 Å². The van der Waals surface area contributed by atoms with Gasteiger partial charge in [0, 0.05) is 26.3 Å². The molecule has 2 aromatic rings. The molecule has 2 aliphatic heterocycles. The second-order valence-corrected chi connectivity index (χ2v) is 7.52. The van der Waals surface area contributed by atoms with Gasteiger partial charge in [-0.2, -0.15) is 5.26 Å². The molecule has 2 fully saturated rings. The molecule has 0 amide bonds. The van der Waals surface area contributed by atoms with Crippen LogP contribution in [0.4, 0.5) is 4.39 Å². The van der Waals surface area contributed by atoms with Crippen LogP contribution in [0.25, 0.3) is 11.1 Å². The molecular formula is C23H25FN2O2. The molecular weight excluding hydrogens is 355 g/mol. The van der Waals surface area contributed by atoms with Crippen molar-refractivity contribution in [2.24, 2.45) is 0 Å². The number of rotatable bonds is 4. The van der Waals surface area contributed by atoms with Crippen LogP contribution >= 0.6 is 0 Å². The zero-order chi connectivity index (χ0) is 19.3. The Bertz CT molecular complexity index is 865. The first kappa shape index (κ1) is 19.1. The molecule has 28 heavy (non-hydrogen) atoms. The van der Waals surface area contributed by atoms with E-state index in [2.05, 4.69) is 23.5 Å². The van der Waals surface area contributed by atoms with E-state index < -0.39 is 5.82 Å². The van der Waals surface area contributed by atoms with Gasteiger partial charge in [-0.3, -0.25) is 0 Å². The third-order valence-corrected chi connectivity index (χ3v) is 5.65. The normalized spacial score (nSPS) is 20.6. The second kappa shape index (κ2) is 8.83. The van der Waals surface area contributed by atoms with E-state index in [-0.39, 0.29) is 11.7 Å². The predicted octanol–water partition coefficient (Wildman–Crippen LogP) is 3.79. The summed E-state index contributed by atoms with van der Waals surface area (Å²) in [5.74, 6) is -0.0627. The van der Waals surface area contributed by atoms with Gasteiger partial charge in [-0.1, -0.05) is 24.3 Å². The van der Waals surface area contributed by atoms with Gasteiger partial charge in [0.05, 0.1) is 18.3 Å². The molecule has 2 heterocycles. The molecule has 2 saturated heterocycles. The van der Waals surface area contributed by atoms with Gasteiger partial charge in [0.2, 0.25) is 0 Å². The lowest BCUT2D eigenvalue weighted by Gasteiger charge is -2.27. The minimum Gasteiger partial charge on any atom is -0.381 e. The van der Waals surface area contributed by atoms with Crippen LogP contribution in [0, 0.1) is 17.1 Å². The van der Waals surface area contributed by atoms with E-state index in [1.165, 1.54) is 17.2 Å². The van der Waals surface area contributed by atoms with Crippen molar-refractivity contribution in [1.29, 1.82) is 5.26 Å². The van der Waals surface area contributed by atoms with Crippen molar-refractivity contribution in [1.82, 2.24) is 5.32 Å². The number of ether oxygens (including phenoxy) is 2. The van der Waals surface area contributed by atoms with E-state index in [1.807, 2.05) is 12.1 Å². The third-order valence-electron chi connectivity index (χ3n) is 5.65. The summed E-state index contributed by atoms with van der Waals surface area (Å²) in [4.78, 5) is 0. The first-order valence-corrected chi connectivity index (χ1v) is 9.97. The van der Waals surface area contributed by atoms with Crippen LogP contribution in [-0.2, 0) is 15.9 Å². The van der Waals surface area contributed by atoms with Crippen molar-refractivity contribution in [3.05, 3.63) is 58.9 Å². The minimum absolute atomic E-state index is 0.0780. The SMILES string of the molecule is N#Cc1ccc(-c2cc(CC3CNCCO3)ccc2C2CCOCC2)cc1F. The van der Waals surface area contributed by atoms with Gasteiger partial charge < -0.3 is 14.8 Å². The molecule has 1 N–H and O–H groups in total. The van der Waals surface area contributed by atoms with Crippen LogP contribution < -0.4 is 5.32 Å². The summed E-state index contributed by atoms with van der Waals surface area (Å²) < 4.78 is 25.7. The van der Waals surface area contributed by atoms with Crippen LogP contribution in [0.15, 0.2) is 36.4 Å². The van der Waals surface area contributed by atoms with Crippen LogP contribution in [-0.4, -0.2) is 39.0 Å². The van der Waals surface area contributed by atoms with Crippen molar-refractivity contribution >= 4 is 0 Å². The van der Waals surface area contributed by atoms with Gasteiger partial charge >= 0.3 is 0 Å². The molecule has 1 unspecified atom stereocenters. The van der Waals surface area contributed by atoms with Gasteiger partial charge in [0.15, 0.2) is 0 Å². The lowest BCUT2D eigenvalue weighted by molar-refractivity contribution is 0.0292. The Morgan fingerprint density at radius 3 is 2.68 bits per heavy atom. The molecule has 2 aliphatic rings. The van der Waals surface area contributed by atoms with Crippen molar-refractivity contribution in [3.8, 4) is 17.2 Å². The first-order chi connectivity index (χ1) is 13.7. The van der Waals surface area contributed by atoms with Crippen LogP contribution in [0.2, 0.25) is 0 Å². The molecule has 5 heteroatoms. The van der Waals surface area contributed by atoms with Crippen LogP contribution in [0.3, 0.4) is 0 Å². The van der Waals surface area contributed by atoms with E-state index >= 15 is 0 Å². The topological polar surface area (TPSA) is 54.3 Å². The maximum atomic E-state index is 14.3. The van der Waals surface area contributed by atoms with Crippen molar-refractivity contribution < 1.29 is 13.9 Å². The van der Waals surface area contributed by atoms with E-state index in [0.717, 1.165) is 63.3 Å². The third kappa shape index (κ3) is 4.25. The number of nitrogens with one attached hydrogen (secondary N) is 1. The van der Waals surface area contributed by atoms with Gasteiger partial charge in [-0.05, 0) is 59.6 Å². The fourth-order valence-corrected chi connectivity index (χ4v) is 4.13. The molecule has 0 aliphatic carbocycles. The molecule has 4 rings (SSSR count). The molecule has 0 aromatic heterocycles. The molecule has 4 nitrogen and oxygen atoms in total. The highest BCUT2D eigenvalue weighted by Gasteiger charge is 2.21. The number of halogens is 1. The number of nitrogens with zero attached hydrogens (tertiary/aromatic N) is 1. The number of hydrogen-bond donors (Lipinski definition) is 1. The van der Waals surface area contributed by atoms with Crippen molar-refractivity contribution in [3.63, 3.8) is 0 Å². The maximum absolute atomic E-state index is 14.3. The second-order valence-electron chi connectivity index (χ2n) is 7.52. The number of benzene rings is 2. The molecule has 0 radical (unpaired) electrons. The predicted molar refractivity (Wildman–Crippen MR) is 106 cm³/mol. The quantitative estimate of drug-likeness (QED) is 0.877. The van der Waals surface area contributed by atoms with E-state index in [4.69, 9.17) is 14.7 Å². The Morgan fingerprint density at radius 1 is 1.11 bits per heavy atom. The monoisotopic (exact) mass is 380 g/mol. The summed E-state index contributed by atoms with van der Waals surface area (Å²) in [5.41, 5.74) is 4.37. The highest BCUT2D eigenvalue weighted by Crippen LogP contribution is 2.36. The number of morpholine rings is 1. The molecule has 2 aromatic carbocycles. The van der Waals surface area contributed by atoms with Gasteiger partial charge in [-0.25, -0.2) is 4.39 Å². The van der Waals surface area contributed by atoms with Crippen LogP contribution in [0.5, 0.6) is 0 Å². The zero-order valence-electron chi connectivity index (χ0n) is 15.9. The fraction of sp³-hybridized carbons (Fsp3) is 0.435. The van der Waals surface area contributed by atoms with Gasteiger partial charge in [0.1, 0.15) is 11.9 Å². The van der Waals surface area contributed by atoms with Crippen molar-refractivity contribution in [2.75, 3.05) is 32.9 Å². The number of hydrogen-bond acceptors (Lipinski definition) is 4. The average molecular weight is 380 g/mol. The summed E-state index contributed by atoms with van der Waals surface area (Å²) >= 11 is 0. The van der Waals surface area contributed by atoms with Gasteiger partial charge in [-0.15, -0.1) is 0 Å². The lowest BCUT2D eigenvalue weighted by Crippen LogP contribution is -2.39. The Kier molecular flexibility index (Phi) is 6.01. The van der Waals surface area contributed by atoms with E-state index in [0.29, 0.717) is 5.92 Å². The Morgan fingerprint density at radius 2 is 1.96 bits per heavy atom. The summed E-state index contributed by atoms with van der Waals surface area (Å²) in [6, 6.07) is 13.3. The minimum atomic E-state index is -0.469. The summed E-state index contributed by atoms with van der Waals surface area (Å²) in [5, 5.41) is 12.4. The molecule has 0 bridgehead atoms. The van der Waals surface area contributed by atoms with E-state index in [1.54, 1.807) is 6.07 Å². The molecule has 146 valence electrons. The van der Waals surface area contributed by atoms with E-state index in [9.17, 15) is 4.39 Å². The highest BCUT2D eigenvalue weighted by atomic mass is 19.1. The first-order valence-electron chi connectivity index (χ1n) is 9.97. The summed E-state index contributed by atoms with van der Waals surface area (Å²) in [7, 11) is 0. The lowest BCUT2D eigenvalue weighted by atomic mass is 9.84. The summed E-state index contributed by atoms with van der Waals surface area (Å²) in [6.07, 6.45) is 2.93. The zero-order valence-corrected chi connectivity index (χ0v) is 15.9. The van der Waals surface area contributed by atoms with Crippen LogP contribution in [0.1, 0.15) is 35.4 Å². The highest BCUT2D eigenvalue weighted by molar-refractivity contribution is 5.70. The summed E-state index contributed by atoms with van der Waals surface area (Å²) in [6.45, 7) is 4.00. The van der Waals surface area contributed by atoms with Crippen molar-refractivity contribution in [2.45, 2.75) is 31.3 Å². The maximum Gasteiger partial charge on any atom is 0.141 e.